The maximum absolute atomic E-state index is 11.7. The zero-order chi connectivity index (χ0) is 15.1. The largest absolute Gasteiger partial charge is 0.481 e. The van der Waals surface area contributed by atoms with Gasteiger partial charge in [-0.3, -0.25) is 4.79 Å². The van der Waals surface area contributed by atoms with Crippen molar-refractivity contribution in [2.24, 2.45) is 5.41 Å². The average molecular weight is 268 g/mol. The molecule has 19 heavy (non-hydrogen) atoms. The van der Waals surface area contributed by atoms with E-state index in [0.29, 0.717) is 13.0 Å². The summed E-state index contributed by atoms with van der Waals surface area (Å²) >= 11 is 0. The molecule has 108 valence electrons. The number of hydrogen-bond donors (Lipinski definition) is 3. The Kier molecular flexibility index (Phi) is 6.40. The molecular weight excluding hydrogens is 244 g/mol. The molecule has 0 atom stereocenters. The van der Waals surface area contributed by atoms with Crippen LogP contribution in [0.1, 0.15) is 47.0 Å². The Labute approximate surface area is 115 Å². The second-order valence-electron chi connectivity index (χ2n) is 5.60. The van der Waals surface area contributed by atoms with Crippen molar-refractivity contribution in [3.05, 3.63) is 0 Å². The number of aliphatic carboxylic acids is 1. The topological polar surface area (TPSA) is 78.4 Å². The van der Waals surface area contributed by atoms with Crippen molar-refractivity contribution in [3.63, 3.8) is 0 Å². The summed E-state index contributed by atoms with van der Waals surface area (Å²) in [6.07, 6.45) is 7.49. The van der Waals surface area contributed by atoms with Crippen LogP contribution in [0.15, 0.2) is 0 Å². The second-order valence-corrected chi connectivity index (χ2v) is 5.60. The van der Waals surface area contributed by atoms with Crippen molar-refractivity contribution in [2.75, 3.05) is 6.54 Å². The molecule has 0 bridgehead atoms. The van der Waals surface area contributed by atoms with Crippen LogP contribution in [0.5, 0.6) is 0 Å². The Morgan fingerprint density at radius 3 is 2.26 bits per heavy atom. The number of nitrogens with one attached hydrogen (secondary N) is 2. The molecule has 0 aromatic carbocycles. The normalized spacial score (nSPS) is 11.5. The summed E-state index contributed by atoms with van der Waals surface area (Å²) in [4.78, 5) is 22.9. The predicted molar refractivity (Wildman–Crippen MR) is 74.7 cm³/mol. The molecule has 0 unspecified atom stereocenters. The fourth-order valence-electron chi connectivity index (χ4n) is 1.31. The molecule has 5 nitrogen and oxygen atoms in total. The molecule has 0 saturated heterocycles. The van der Waals surface area contributed by atoms with Crippen molar-refractivity contribution in [3.8, 4) is 12.3 Å². The van der Waals surface area contributed by atoms with E-state index in [2.05, 4.69) is 16.6 Å². The summed E-state index contributed by atoms with van der Waals surface area (Å²) in [5.41, 5.74) is -1.92. The minimum Gasteiger partial charge on any atom is -0.481 e. The van der Waals surface area contributed by atoms with Gasteiger partial charge in [-0.1, -0.05) is 0 Å². The number of carbonyl (C=O) groups is 2. The van der Waals surface area contributed by atoms with Crippen LogP contribution >= 0.6 is 0 Å². The van der Waals surface area contributed by atoms with Crippen LogP contribution in [0.4, 0.5) is 4.79 Å². The van der Waals surface area contributed by atoms with E-state index in [1.54, 1.807) is 27.7 Å². The van der Waals surface area contributed by atoms with Crippen molar-refractivity contribution in [2.45, 2.75) is 52.5 Å². The first-order valence-electron chi connectivity index (χ1n) is 6.38. The lowest BCUT2D eigenvalue weighted by Crippen LogP contribution is -2.59. The first-order valence-corrected chi connectivity index (χ1v) is 6.38. The maximum atomic E-state index is 11.7. The van der Waals surface area contributed by atoms with E-state index in [-0.39, 0.29) is 6.03 Å². The van der Waals surface area contributed by atoms with Gasteiger partial charge in [0.1, 0.15) is 0 Å². The van der Waals surface area contributed by atoms with Gasteiger partial charge in [-0.2, -0.15) is 0 Å². The summed E-state index contributed by atoms with van der Waals surface area (Å²) in [5, 5.41) is 14.6. The van der Waals surface area contributed by atoms with Crippen LogP contribution < -0.4 is 10.6 Å². The lowest BCUT2D eigenvalue weighted by Gasteiger charge is -2.38. The van der Waals surface area contributed by atoms with Gasteiger partial charge >= 0.3 is 12.0 Å². The molecule has 5 heteroatoms. The second kappa shape index (κ2) is 7.03. The summed E-state index contributed by atoms with van der Waals surface area (Å²) < 4.78 is 0. The number of rotatable bonds is 7. The molecule has 0 heterocycles. The Hall–Kier alpha value is -1.70. The number of hydrogen-bond acceptors (Lipinski definition) is 2. The molecule has 0 aromatic rings. The summed E-state index contributed by atoms with van der Waals surface area (Å²) in [6, 6.07) is -0.361. The molecular formula is C14H24N2O3. The van der Waals surface area contributed by atoms with Gasteiger partial charge in [0, 0.05) is 13.0 Å². The summed E-state index contributed by atoms with van der Waals surface area (Å²) in [7, 11) is 0. The third kappa shape index (κ3) is 5.21. The number of carbonyl (C=O) groups excluding carboxylic acids is 1. The highest BCUT2D eigenvalue weighted by Gasteiger charge is 2.44. The third-order valence-electron chi connectivity index (χ3n) is 3.56. The van der Waals surface area contributed by atoms with Crippen LogP contribution in [0.3, 0.4) is 0 Å². The van der Waals surface area contributed by atoms with E-state index in [9.17, 15) is 14.7 Å². The smallest absolute Gasteiger partial charge is 0.315 e. The molecule has 0 aromatic heterocycles. The van der Waals surface area contributed by atoms with E-state index in [0.717, 1.165) is 12.8 Å². The van der Waals surface area contributed by atoms with Gasteiger partial charge in [0.15, 0.2) is 0 Å². The molecule has 0 radical (unpaired) electrons. The maximum Gasteiger partial charge on any atom is 0.315 e. The zero-order valence-electron chi connectivity index (χ0n) is 12.2. The highest BCUT2D eigenvalue weighted by molar-refractivity contribution is 5.79. The van der Waals surface area contributed by atoms with E-state index in [4.69, 9.17) is 6.42 Å². The van der Waals surface area contributed by atoms with Gasteiger partial charge < -0.3 is 15.7 Å². The van der Waals surface area contributed by atoms with Crippen LogP contribution in [0, 0.1) is 17.8 Å². The predicted octanol–water partition coefficient (Wildman–Crippen LogP) is 1.98. The first-order chi connectivity index (χ1) is 8.65. The van der Waals surface area contributed by atoms with Crippen LogP contribution in [0.25, 0.3) is 0 Å². The van der Waals surface area contributed by atoms with Gasteiger partial charge in [0.2, 0.25) is 0 Å². The third-order valence-corrected chi connectivity index (χ3v) is 3.56. The van der Waals surface area contributed by atoms with Crippen molar-refractivity contribution in [1.29, 1.82) is 0 Å². The standard InChI is InChI=1S/C14H24N2O3/c1-6-7-8-9-10-15-12(19)16-14(4,5)13(2,3)11(17)18/h1H,7-10H2,2-5H3,(H,17,18)(H2,15,16,19). The van der Waals surface area contributed by atoms with Gasteiger partial charge in [-0.15, -0.1) is 12.3 Å². The molecule has 0 rings (SSSR count). The molecule has 0 saturated carbocycles. The SMILES string of the molecule is C#CCCCCNC(=O)NC(C)(C)C(C)(C)C(=O)O. The van der Waals surface area contributed by atoms with Gasteiger partial charge in [-0.25, -0.2) is 4.79 Å². The number of amides is 2. The number of terminal acetylenes is 1. The number of carboxylic acids is 1. The first kappa shape index (κ1) is 17.3. The fourth-order valence-corrected chi connectivity index (χ4v) is 1.31. The molecule has 0 aliphatic heterocycles. The van der Waals surface area contributed by atoms with Gasteiger partial charge in [0.25, 0.3) is 0 Å². The lowest BCUT2D eigenvalue weighted by molar-refractivity contribution is -0.150. The monoisotopic (exact) mass is 268 g/mol. The molecule has 0 spiro atoms. The van der Waals surface area contributed by atoms with Crippen molar-refractivity contribution < 1.29 is 14.7 Å². The Morgan fingerprint density at radius 2 is 1.79 bits per heavy atom. The highest BCUT2D eigenvalue weighted by Crippen LogP contribution is 2.30. The summed E-state index contributed by atoms with van der Waals surface area (Å²) in [5.74, 6) is 1.58. The summed E-state index contributed by atoms with van der Waals surface area (Å²) in [6.45, 7) is 7.08. The zero-order valence-corrected chi connectivity index (χ0v) is 12.2. The minimum absolute atomic E-state index is 0.361. The Bertz CT molecular complexity index is 367. The van der Waals surface area contributed by atoms with E-state index >= 15 is 0 Å². The lowest BCUT2D eigenvalue weighted by atomic mass is 9.74. The molecule has 2 amide bonds. The van der Waals surface area contributed by atoms with E-state index in [1.807, 2.05) is 0 Å². The van der Waals surface area contributed by atoms with Crippen LogP contribution in [0.2, 0.25) is 0 Å². The van der Waals surface area contributed by atoms with Crippen LogP contribution in [-0.2, 0) is 4.79 Å². The fraction of sp³-hybridized carbons (Fsp3) is 0.714. The Balaban J connectivity index is 4.25. The Morgan fingerprint density at radius 1 is 1.21 bits per heavy atom. The van der Waals surface area contributed by atoms with E-state index in [1.165, 1.54) is 0 Å². The van der Waals surface area contributed by atoms with Crippen molar-refractivity contribution in [1.82, 2.24) is 10.6 Å². The highest BCUT2D eigenvalue weighted by atomic mass is 16.4. The number of carboxylic acid groups (broad SMARTS) is 1. The van der Waals surface area contributed by atoms with Gasteiger partial charge in [0.05, 0.1) is 11.0 Å². The van der Waals surface area contributed by atoms with Gasteiger partial charge in [-0.05, 0) is 40.5 Å². The van der Waals surface area contributed by atoms with Crippen molar-refractivity contribution >= 4 is 12.0 Å². The molecule has 0 aliphatic rings. The number of unbranched alkanes of at least 4 members (excludes halogenated alkanes) is 2. The molecule has 0 fully saturated rings. The molecule has 0 aliphatic carbocycles. The minimum atomic E-state index is -1.06. The van der Waals surface area contributed by atoms with Crippen LogP contribution in [-0.4, -0.2) is 29.2 Å². The quantitative estimate of drug-likeness (QED) is 0.488. The number of urea groups is 1. The molecule has 3 N–H and O–H groups in total. The average Bonchev–Trinajstić information content (AvgIpc) is 2.27. The van der Waals surface area contributed by atoms with E-state index < -0.39 is 16.9 Å².